The summed E-state index contributed by atoms with van der Waals surface area (Å²) in [6.45, 7) is 0. The van der Waals surface area contributed by atoms with Gasteiger partial charge in [0.1, 0.15) is 0 Å². The molecule has 0 N–H and O–H groups in total. The molecular formula is C26H25NO2. The van der Waals surface area contributed by atoms with E-state index in [1.807, 2.05) is 36.4 Å². The quantitative estimate of drug-likeness (QED) is 0.569. The lowest BCUT2D eigenvalue weighted by molar-refractivity contribution is -0.142. The molecule has 146 valence electrons. The SMILES string of the molecule is O=C1C=CC(=O)N1C1CCCCC#CC1(Cc1ccccc1)Cc1ccccc1. The fourth-order valence-corrected chi connectivity index (χ4v) is 4.55. The Kier molecular flexibility index (Phi) is 5.62. The summed E-state index contributed by atoms with van der Waals surface area (Å²) in [4.78, 5) is 26.8. The largest absolute Gasteiger partial charge is 0.271 e. The average Bonchev–Trinajstić information content (AvgIpc) is 3.05. The van der Waals surface area contributed by atoms with E-state index in [2.05, 4.69) is 36.1 Å². The van der Waals surface area contributed by atoms with Gasteiger partial charge in [0, 0.05) is 18.6 Å². The Labute approximate surface area is 172 Å². The van der Waals surface area contributed by atoms with Crippen LogP contribution < -0.4 is 0 Å². The molecule has 2 aromatic carbocycles. The van der Waals surface area contributed by atoms with Gasteiger partial charge in [-0.15, -0.1) is 5.92 Å². The molecule has 1 aliphatic heterocycles. The summed E-state index contributed by atoms with van der Waals surface area (Å²) in [7, 11) is 0. The van der Waals surface area contributed by atoms with Crippen LogP contribution in [0.15, 0.2) is 72.8 Å². The summed E-state index contributed by atoms with van der Waals surface area (Å²) in [6.07, 6.45) is 7.80. The van der Waals surface area contributed by atoms with E-state index in [9.17, 15) is 9.59 Å². The van der Waals surface area contributed by atoms with Gasteiger partial charge >= 0.3 is 0 Å². The average molecular weight is 383 g/mol. The molecule has 2 aromatic rings. The molecule has 4 rings (SSSR count). The summed E-state index contributed by atoms with van der Waals surface area (Å²) < 4.78 is 0. The van der Waals surface area contributed by atoms with E-state index in [1.165, 1.54) is 28.2 Å². The molecule has 3 heteroatoms. The number of hydrogen-bond donors (Lipinski definition) is 0. The number of rotatable bonds is 5. The van der Waals surface area contributed by atoms with Crippen molar-refractivity contribution in [3.05, 3.63) is 83.9 Å². The van der Waals surface area contributed by atoms with Crippen LogP contribution in [0.4, 0.5) is 0 Å². The topological polar surface area (TPSA) is 37.4 Å². The number of benzene rings is 2. The number of carbonyl (C=O) groups excluding carboxylic acids is 2. The van der Waals surface area contributed by atoms with E-state index in [0.29, 0.717) is 12.8 Å². The van der Waals surface area contributed by atoms with Gasteiger partial charge in [-0.1, -0.05) is 73.0 Å². The monoisotopic (exact) mass is 383 g/mol. The molecular weight excluding hydrogens is 358 g/mol. The maximum absolute atomic E-state index is 12.6. The molecule has 0 saturated heterocycles. The Bertz CT molecular complexity index is 907. The highest BCUT2D eigenvalue weighted by Gasteiger charge is 2.45. The predicted molar refractivity (Wildman–Crippen MR) is 114 cm³/mol. The molecule has 2 amide bonds. The predicted octanol–water partition coefficient (Wildman–Crippen LogP) is 4.33. The van der Waals surface area contributed by atoms with Crippen LogP contribution in [-0.4, -0.2) is 22.8 Å². The number of carbonyl (C=O) groups is 2. The number of imide groups is 1. The van der Waals surface area contributed by atoms with Crippen molar-refractivity contribution in [3.8, 4) is 11.8 Å². The van der Waals surface area contributed by atoms with Gasteiger partial charge in [-0.25, -0.2) is 0 Å². The normalized spacial score (nSPS) is 20.7. The van der Waals surface area contributed by atoms with Crippen molar-refractivity contribution in [1.29, 1.82) is 0 Å². The molecule has 0 spiro atoms. The van der Waals surface area contributed by atoms with Gasteiger partial charge in [-0.05, 0) is 36.8 Å². The third-order valence-electron chi connectivity index (χ3n) is 5.88. The Morgan fingerprint density at radius 1 is 0.828 bits per heavy atom. The number of hydrogen-bond acceptors (Lipinski definition) is 2. The summed E-state index contributed by atoms with van der Waals surface area (Å²) in [5, 5.41) is 0. The zero-order valence-corrected chi connectivity index (χ0v) is 16.5. The van der Waals surface area contributed by atoms with Crippen LogP contribution in [0.3, 0.4) is 0 Å². The van der Waals surface area contributed by atoms with Crippen LogP contribution in [-0.2, 0) is 22.4 Å². The van der Waals surface area contributed by atoms with Gasteiger partial charge in [0.15, 0.2) is 0 Å². The number of nitrogens with zero attached hydrogens (tertiary/aromatic N) is 1. The third kappa shape index (κ3) is 4.17. The van der Waals surface area contributed by atoms with Crippen molar-refractivity contribution in [2.24, 2.45) is 5.41 Å². The standard InChI is InChI=1S/C26H25NO2/c28-24-16-17-25(29)27(24)23-15-9-1-2-10-18-26(23,19-21-11-5-3-6-12-21)20-22-13-7-4-8-14-22/h3-8,11-14,16-17,23H,1-2,9,15,19-20H2. The van der Waals surface area contributed by atoms with E-state index in [-0.39, 0.29) is 17.9 Å². The summed E-state index contributed by atoms with van der Waals surface area (Å²) >= 11 is 0. The maximum Gasteiger partial charge on any atom is 0.253 e. The summed E-state index contributed by atoms with van der Waals surface area (Å²) in [6, 6.07) is 20.3. The molecule has 1 heterocycles. The lowest BCUT2D eigenvalue weighted by Gasteiger charge is -2.42. The number of amides is 2. The lowest BCUT2D eigenvalue weighted by atomic mass is 9.68. The first-order valence-electron chi connectivity index (χ1n) is 10.3. The third-order valence-corrected chi connectivity index (χ3v) is 5.88. The highest BCUT2D eigenvalue weighted by Crippen LogP contribution is 2.39. The zero-order chi connectivity index (χ0) is 20.1. The molecule has 2 aliphatic rings. The minimum atomic E-state index is -0.513. The van der Waals surface area contributed by atoms with Crippen LogP contribution in [0, 0.1) is 17.3 Å². The smallest absolute Gasteiger partial charge is 0.253 e. The second kappa shape index (κ2) is 8.49. The van der Waals surface area contributed by atoms with Crippen molar-refractivity contribution in [2.45, 2.75) is 44.6 Å². The van der Waals surface area contributed by atoms with Crippen LogP contribution in [0.5, 0.6) is 0 Å². The minimum absolute atomic E-state index is 0.215. The fraction of sp³-hybridized carbons (Fsp3) is 0.308. The van der Waals surface area contributed by atoms with Gasteiger partial charge in [0.25, 0.3) is 11.8 Å². The molecule has 0 saturated carbocycles. The molecule has 1 atom stereocenters. The lowest BCUT2D eigenvalue weighted by Crippen LogP contribution is -2.52. The van der Waals surface area contributed by atoms with E-state index in [1.54, 1.807) is 0 Å². The first kappa shape index (κ1) is 19.2. The summed E-state index contributed by atoms with van der Waals surface area (Å²) in [5.74, 6) is 6.53. The van der Waals surface area contributed by atoms with Gasteiger partial charge in [-0.3, -0.25) is 14.5 Å². The molecule has 1 unspecified atom stereocenters. The van der Waals surface area contributed by atoms with Crippen molar-refractivity contribution >= 4 is 11.8 Å². The van der Waals surface area contributed by atoms with Crippen LogP contribution >= 0.6 is 0 Å². The highest BCUT2D eigenvalue weighted by molar-refractivity contribution is 6.13. The summed E-state index contributed by atoms with van der Waals surface area (Å²) in [5.41, 5.74) is 1.84. The molecule has 0 radical (unpaired) electrons. The Morgan fingerprint density at radius 3 is 1.93 bits per heavy atom. The van der Waals surface area contributed by atoms with Crippen LogP contribution in [0.1, 0.15) is 36.8 Å². The van der Waals surface area contributed by atoms with Crippen molar-refractivity contribution < 1.29 is 9.59 Å². The first-order valence-corrected chi connectivity index (χ1v) is 10.3. The van der Waals surface area contributed by atoms with E-state index < -0.39 is 5.41 Å². The second-order valence-electron chi connectivity index (χ2n) is 7.92. The molecule has 0 aromatic heterocycles. The zero-order valence-electron chi connectivity index (χ0n) is 16.5. The van der Waals surface area contributed by atoms with E-state index in [4.69, 9.17) is 0 Å². The van der Waals surface area contributed by atoms with Gasteiger partial charge < -0.3 is 0 Å². The second-order valence-corrected chi connectivity index (χ2v) is 7.92. The minimum Gasteiger partial charge on any atom is -0.271 e. The molecule has 0 fully saturated rings. The molecule has 29 heavy (non-hydrogen) atoms. The van der Waals surface area contributed by atoms with Crippen molar-refractivity contribution in [1.82, 2.24) is 4.90 Å². The molecule has 1 aliphatic carbocycles. The van der Waals surface area contributed by atoms with E-state index in [0.717, 1.165) is 25.7 Å². The Morgan fingerprint density at radius 2 is 1.38 bits per heavy atom. The van der Waals surface area contributed by atoms with Crippen molar-refractivity contribution in [3.63, 3.8) is 0 Å². The first-order chi connectivity index (χ1) is 14.2. The van der Waals surface area contributed by atoms with Gasteiger partial charge in [-0.2, -0.15) is 0 Å². The molecule has 0 bridgehead atoms. The van der Waals surface area contributed by atoms with Gasteiger partial charge in [0.05, 0.1) is 11.5 Å². The van der Waals surface area contributed by atoms with Crippen molar-refractivity contribution in [2.75, 3.05) is 0 Å². The van der Waals surface area contributed by atoms with E-state index >= 15 is 0 Å². The van der Waals surface area contributed by atoms with Gasteiger partial charge in [0.2, 0.25) is 0 Å². The van der Waals surface area contributed by atoms with Crippen LogP contribution in [0.25, 0.3) is 0 Å². The Balaban J connectivity index is 1.82. The Hall–Kier alpha value is -3.12. The fourth-order valence-electron chi connectivity index (χ4n) is 4.55. The molecule has 3 nitrogen and oxygen atoms in total. The highest BCUT2D eigenvalue weighted by atomic mass is 16.2. The van der Waals surface area contributed by atoms with Crippen LogP contribution in [0.2, 0.25) is 0 Å². The maximum atomic E-state index is 12.6.